The third-order valence-electron chi connectivity index (χ3n) is 6.09. The van der Waals surface area contributed by atoms with Crippen LogP contribution in [0.25, 0.3) is 5.57 Å². The van der Waals surface area contributed by atoms with Gasteiger partial charge in [-0.3, -0.25) is 4.79 Å². The second-order valence-electron chi connectivity index (χ2n) is 8.68. The SMILES string of the molecule is CCCCCCSC1=C(SCCCCCC)SC(=C2c3ccccc3C(=O)c3ccccc32)S1. The molecule has 2 aliphatic rings. The molecule has 0 saturated heterocycles. The first-order chi connectivity index (χ1) is 16.7. The fourth-order valence-electron chi connectivity index (χ4n) is 4.25. The van der Waals surface area contributed by atoms with Gasteiger partial charge in [0.15, 0.2) is 5.78 Å². The average molecular weight is 527 g/mol. The van der Waals surface area contributed by atoms with E-state index < -0.39 is 0 Å². The number of benzene rings is 2. The predicted octanol–water partition coefficient (Wildman–Crippen LogP) is 10.2. The van der Waals surface area contributed by atoms with E-state index >= 15 is 0 Å². The molecule has 0 atom stereocenters. The molecule has 34 heavy (non-hydrogen) atoms. The molecule has 2 aromatic rings. The maximum absolute atomic E-state index is 13.2. The van der Waals surface area contributed by atoms with E-state index in [0.29, 0.717) is 0 Å². The zero-order valence-electron chi connectivity index (χ0n) is 20.2. The van der Waals surface area contributed by atoms with E-state index in [1.807, 2.05) is 71.3 Å². The molecular formula is C29H34OS4. The number of fused-ring (bicyclic) bond motifs is 2. The molecule has 0 fully saturated rings. The van der Waals surface area contributed by atoms with E-state index in [1.54, 1.807) is 0 Å². The topological polar surface area (TPSA) is 17.1 Å². The van der Waals surface area contributed by atoms with Crippen LogP contribution in [-0.2, 0) is 0 Å². The van der Waals surface area contributed by atoms with Gasteiger partial charge in [-0.2, -0.15) is 0 Å². The van der Waals surface area contributed by atoms with Crippen LogP contribution in [0.3, 0.4) is 0 Å². The minimum Gasteiger partial charge on any atom is -0.289 e. The summed E-state index contributed by atoms with van der Waals surface area (Å²) < 4.78 is 4.27. The Morgan fingerprint density at radius 3 is 1.50 bits per heavy atom. The average Bonchev–Trinajstić information content (AvgIpc) is 3.26. The van der Waals surface area contributed by atoms with E-state index in [0.717, 1.165) is 22.3 Å². The lowest BCUT2D eigenvalue weighted by Gasteiger charge is -2.23. The van der Waals surface area contributed by atoms with Crippen LogP contribution in [0.5, 0.6) is 0 Å². The quantitative estimate of drug-likeness (QED) is 0.218. The monoisotopic (exact) mass is 526 g/mol. The number of rotatable bonds is 12. The van der Waals surface area contributed by atoms with E-state index in [2.05, 4.69) is 38.1 Å². The van der Waals surface area contributed by atoms with Crippen molar-refractivity contribution in [3.05, 3.63) is 83.5 Å². The minimum atomic E-state index is 0.146. The van der Waals surface area contributed by atoms with Crippen LogP contribution in [0.4, 0.5) is 0 Å². The summed E-state index contributed by atoms with van der Waals surface area (Å²) in [6, 6.07) is 16.3. The summed E-state index contributed by atoms with van der Waals surface area (Å²) in [5, 5.41) is 0. The molecule has 4 rings (SSSR count). The van der Waals surface area contributed by atoms with Crippen LogP contribution in [0.15, 0.2) is 61.2 Å². The van der Waals surface area contributed by atoms with Crippen molar-refractivity contribution in [1.82, 2.24) is 0 Å². The van der Waals surface area contributed by atoms with Crippen molar-refractivity contribution in [2.75, 3.05) is 11.5 Å². The molecule has 0 spiro atoms. The van der Waals surface area contributed by atoms with Gasteiger partial charge in [-0.25, -0.2) is 0 Å². The highest BCUT2D eigenvalue weighted by atomic mass is 32.3. The number of carbonyl (C=O) groups is 1. The second-order valence-corrected chi connectivity index (χ2v) is 13.7. The lowest BCUT2D eigenvalue weighted by Crippen LogP contribution is -2.14. The zero-order chi connectivity index (χ0) is 23.8. The Hall–Kier alpha value is -1.01. The molecule has 0 bridgehead atoms. The largest absolute Gasteiger partial charge is 0.289 e. The zero-order valence-corrected chi connectivity index (χ0v) is 23.5. The summed E-state index contributed by atoms with van der Waals surface area (Å²) in [6.07, 6.45) is 10.4. The van der Waals surface area contributed by atoms with Gasteiger partial charge in [-0.05, 0) is 35.5 Å². The van der Waals surface area contributed by atoms with Gasteiger partial charge in [0.05, 0.1) is 12.7 Å². The molecule has 180 valence electrons. The molecule has 0 amide bonds. The van der Waals surface area contributed by atoms with Crippen molar-refractivity contribution in [3.63, 3.8) is 0 Å². The van der Waals surface area contributed by atoms with E-state index in [1.165, 1.54) is 81.2 Å². The van der Waals surface area contributed by atoms with Crippen molar-refractivity contribution in [3.8, 4) is 0 Å². The number of hydrogen-bond acceptors (Lipinski definition) is 5. The van der Waals surface area contributed by atoms with Gasteiger partial charge in [-0.15, -0.1) is 23.5 Å². The molecule has 0 N–H and O–H groups in total. The van der Waals surface area contributed by atoms with Gasteiger partial charge in [0.25, 0.3) is 0 Å². The third kappa shape index (κ3) is 6.21. The number of hydrogen-bond donors (Lipinski definition) is 0. The summed E-state index contributed by atoms with van der Waals surface area (Å²) in [7, 11) is 0. The normalized spacial score (nSPS) is 15.2. The Kier molecular flexibility index (Phi) is 10.2. The molecule has 2 aromatic carbocycles. The van der Waals surface area contributed by atoms with Crippen molar-refractivity contribution in [1.29, 1.82) is 0 Å². The molecule has 1 nitrogen and oxygen atoms in total. The van der Waals surface area contributed by atoms with Gasteiger partial charge in [0.2, 0.25) is 0 Å². The smallest absolute Gasteiger partial charge is 0.194 e. The molecule has 0 saturated carbocycles. The molecule has 1 aliphatic heterocycles. The van der Waals surface area contributed by atoms with E-state index in [-0.39, 0.29) is 5.78 Å². The van der Waals surface area contributed by atoms with Crippen molar-refractivity contribution in [2.45, 2.75) is 65.2 Å². The fourth-order valence-corrected chi connectivity index (χ4v) is 10.4. The summed E-state index contributed by atoms with van der Waals surface area (Å²) in [6.45, 7) is 4.55. The molecule has 5 heteroatoms. The number of unbranched alkanes of at least 4 members (excludes halogenated alkanes) is 6. The summed E-state index contributed by atoms with van der Waals surface area (Å²) in [5.41, 5.74) is 5.08. The van der Waals surface area contributed by atoms with Crippen molar-refractivity contribution >= 4 is 58.4 Å². The van der Waals surface area contributed by atoms with Crippen LogP contribution in [0.2, 0.25) is 0 Å². The van der Waals surface area contributed by atoms with Crippen molar-refractivity contribution in [2.24, 2.45) is 0 Å². The first-order valence-electron chi connectivity index (χ1n) is 12.6. The van der Waals surface area contributed by atoms with Crippen LogP contribution >= 0.6 is 47.0 Å². The lowest BCUT2D eigenvalue weighted by atomic mass is 9.82. The highest BCUT2D eigenvalue weighted by Gasteiger charge is 2.32. The van der Waals surface area contributed by atoms with E-state index in [4.69, 9.17) is 0 Å². The Labute approximate surface area is 222 Å². The first kappa shape index (κ1) is 26.1. The second kappa shape index (κ2) is 13.3. The molecule has 0 aromatic heterocycles. The molecule has 1 heterocycles. The van der Waals surface area contributed by atoms with Gasteiger partial charge < -0.3 is 0 Å². The van der Waals surface area contributed by atoms with Gasteiger partial charge in [0.1, 0.15) is 0 Å². The molecular weight excluding hydrogens is 493 g/mol. The summed E-state index contributed by atoms with van der Waals surface area (Å²) in [5.74, 6) is 2.53. The summed E-state index contributed by atoms with van der Waals surface area (Å²) in [4.78, 5) is 13.2. The number of carbonyl (C=O) groups excluding carboxylic acids is 1. The lowest BCUT2D eigenvalue weighted by molar-refractivity contribution is 0.103. The number of thioether (sulfide) groups is 4. The Bertz CT molecular complexity index is 990. The third-order valence-corrected chi connectivity index (χ3v) is 11.8. The highest BCUT2D eigenvalue weighted by molar-refractivity contribution is 8.40. The Morgan fingerprint density at radius 2 is 1.06 bits per heavy atom. The van der Waals surface area contributed by atoms with Gasteiger partial charge >= 0.3 is 0 Å². The van der Waals surface area contributed by atoms with Gasteiger partial charge in [-0.1, -0.05) is 124 Å². The van der Waals surface area contributed by atoms with Crippen LogP contribution in [-0.4, -0.2) is 17.3 Å². The highest BCUT2D eigenvalue weighted by Crippen LogP contribution is 2.60. The van der Waals surface area contributed by atoms with Crippen molar-refractivity contribution < 1.29 is 4.79 Å². The Morgan fingerprint density at radius 1 is 0.618 bits per heavy atom. The maximum Gasteiger partial charge on any atom is 0.194 e. The molecule has 0 radical (unpaired) electrons. The minimum absolute atomic E-state index is 0.146. The number of ketones is 1. The molecule has 0 unspecified atom stereocenters. The van der Waals surface area contributed by atoms with Crippen LogP contribution in [0, 0.1) is 0 Å². The Balaban J connectivity index is 1.61. The fraction of sp³-hybridized carbons (Fsp3) is 0.414. The maximum atomic E-state index is 13.2. The van der Waals surface area contributed by atoms with Crippen LogP contribution < -0.4 is 0 Å². The van der Waals surface area contributed by atoms with E-state index in [9.17, 15) is 4.79 Å². The predicted molar refractivity (Wildman–Crippen MR) is 158 cm³/mol. The van der Waals surface area contributed by atoms with Gasteiger partial charge in [0, 0.05) is 16.7 Å². The molecule has 1 aliphatic carbocycles. The van der Waals surface area contributed by atoms with Crippen LogP contribution in [0.1, 0.15) is 92.3 Å². The summed E-state index contributed by atoms with van der Waals surface area (Å²) >= 11 is 7.96. The first-order valence-corrected chi connectivity index (χ1v) is 16.2. The standard InChI is InChI=1S/C29H34OS4/c1-3-5-7-13-19-31-28-29(32-20-14-8-6-4-2)34-27(33-28)25-21-15-9-11-17-23(21)26(30)24-18-12-10-16-22(24)25/h9-12,15-18H,3-8,13-14,19-20H2,1-2H3.